The van der Waals surface area contributed by atoms with Crippen LogP contribution in [-0.4, -0.2) is 21.4 Å². The van der Waals surface area contributed by atoms with E-state index in [-0.39, 0.29) is 12.0 Å². The van der Waals surface area contributed by atoms with E-state index in [0.717, 1.165) is 4.47 Å². The Hall–Kier alpha value is -2.81. The minimum Gasteiger partial charge on any atom is -0.484 e. The van der Waals surface area contributed by atoms with E-state index >= 15 is 0 Å². The van der Waals surface area contributed by atoms with Crippen molar-refractivity contribution in [1.29, 1.82) is 0 Å². The number of aromatic nitrogens is 2. The predicted octanol–water partition coefficient (Wildman–Crippen LogP) is 7.07. The lowest BCUT2D eigenvalue weighted by molar-refractivity contribution is -0.142. The molecule has 0 spiro atoms. The van der Waals surface area contributed by atoms with Gasteiger partial charge < -0.3 is 9.47 Å². The van der Waals surface area contributed by atoms with Gasteiger partial charge in [0.25, 0.3) is 0 Å². The smallest absolute Gasteiger partial charge is 0.435 e. The van der Waals surface area contributed by atoms with Gasteiger partial charge in [-0.05, 0) is 82.5 Å². The molecule has 0 bridgehead atoms. The van der Waals surface area contributed by atoms with Crippen molar-refractivity contribution >= 4 is 21.9 Å². The van der Waals surface area contributed by atoms with Crippen molar-refractivity contribution in [2.75, 3.05) is 0 Å². The number of nitrogens with zero attached hydrogens (tertiary/aromatic N) is 2. The minimum absolute atomic E-state index is 0.161. The molecular weight excluding hydrogens is 513 g/mol. The van der Waals surface area contributed by atoms with Crippen LogP contribution < -0.4 is 4.74 Å². The van der Waals surface area contributed by atoms with Crippen molar-refractivity contribution in [3.8, 4) is 11.4 Å². The highest BCUT2D eigenvalue weighted by atomic mass is 79.9. The number of ether oxygens (including phenoxy) is 2. The summed E-state index contributed by atoms with van der Waals surface area (Å²) in [5.74, 6) is -0.0118. The van der Waals surface area contributed by atoms with Crippen molar-refractivity contribution in [1.82, 2.24) is 9.78 Å². The summed E-state index contributed by atoms with van der Waals surface area (Å²) in [6.07, 6.45) is -3.84. The van der Waals surface area contributed by atoms with Gasteiger partial charge in [0.15, 0.2) is 5.69 Å². The molecule has 0 saturated carbocycles. The number of esters is 1. The summed E-state index contributed by atoms with van der Waals surface area (Å²) in [6, 6.07) is 13.4. The van der Waals surface area contributed by atoms with Crippen LogP contribution in [0, 0.1) is 0 Å². The van der Waals surface area contributed by atoms with E-state index in [9.17, 15) is 18.0 Å². The highest BCUT2D eigenvalue weighted by Crippen LogP contribution is 2.42. The number of alkyl halides is 3. The maximum absolute atomic E-state index is 13.8. The fraction of sp³-hybridized carbons (Fsp3) is 0.360. The van der Waals surface area contributed by atoms with Gasteiger partial charge in [0.2, 0.25) is 0 Å². The summed E-state index contributed by atoms with van der Waals surface area (Å²) in [6.45, 7) is 5.35. The Morgan fingerprint density at radius 2 is 1.82 bits per heavy atom. The van der Waals surface area contributed by atoms with Crippen LogP contribution in [0.25, 0.3) is 5.69 Å². The van der Waals surface area contributed by atoms with Crippen molar-refractivity contribution in [3.05, 3.63) is 75.5 Å². The number of halogens is 4. The van der Waals surface area contributed by atoms with E-state index in [1.54, 1.807) is 69.3 Å². The minimum atomic E-state index is -4.57. The Labute approximate surface area is 204 Å². The van der Waals surface area contributed by atoms with Crippen LogP contribution >= 0.6 is 15.9 Å². The normalized spacial score (nSPS) is 16.1. The molecule has 1 aliphatic rings. The van der Waals surface area contributed by atoms with Gasteiger partial charge in [0.05, 0.1) is 16.9 Å². The number of benzene rings is 2. The molecule has 0 aliphatic heterocycles. The molecule has 1 heterocycles. The van der Waals surface area contributed by atoms with Gasteiger partial charge in [-0.1, -0.05) is 22.0 Å². The summed E-state index contributed by atoms with van der Waals surface area (Å²) in [5, 5.41) is 3.97. The molecule has 1 aromatic heterocycles. The van der Waals surface area contributed by atoms with E-state index in [2.05, 4.69) is 21.0 Å². The predicted molar refractivity (Wildman–Crippen MR) is 124 cm³/mol. The molecule has 0 N–H and O–H groups in total. The van der Waals surface area contributed by atoms with Crippen LogP contribution in [0.5, 0.6) is 5.75 Å². The first-order valence-electron chi connectivity index (χ1n) is 10.9. The van der Waals surface area contributed by atoms with Crippen molar-refractivity contribution in [3.63, 3.8) is 0 Å². The first-order chi connectivity index (χ1) is 15.9. The number of hydrogen-bond acceptors (Lipinski definition) is 4. The summed E-state index contributed by atoms with van der Waals surface area (Å²) >= 11 is 3.37. The van der Waals surface area contributed by atoms with E-state index in [4.69, 9.17) is 9.47 Å². The highest BCUT2D eigenvalue weighted by Gasteiger charge is 2.42. The molecule has 3 aromatic rings. The molecule has 0 saturated heterocycles. The molecule has 34 heavy (non-hydrogen) atoms. The molecule has 5 nitrogen and oxygen atoms in total. The number of carbonyl (C=O) groups excluding carboxylic acids is 1. The monoisotopic (exact) mass is 536 g/mol. The Kier molecular flexibility index (Phi) is 6.50. The molecule has 9 heteroatoms. The Morgan fingerprint density at radius 1 is 1.12 bits per heavy atom. The number of carbonyl (C=O) groups is 1. The van der Waals surface area contributed by atoms with Gasteiger partial charge in [-0.25, -0.2) is 9.48 Å². The first-order valence-corrected chi connectivity index (χ1v) is 11.7. The summed E-state index contributed by atoms with van der Waals surface area (Å²) in [7, 11) is 0. The van der Waals surface area contributed by atoms with Gasteiger partial charge in [-0.15, -0.1) is 0 Å². The van der Waals surface area contributed by atoms with Crippen LogP contribution in [0.4, 0.5) is 13.2 Å². The van der Waals surface area contributed by atoms with Gasteiger partial charge in [0.1, 0.15) is 17.5 Å². The summed E-state index contributed by atoms with van der Waals surface area (Å²) < 4.78 is 55.0. The second-order valence-electron chi connectivity index (χ2n) is 9.13. The average molecular weight is 537 g/mol. The first kappa shape index (κ1) is 24.3. The molecular formula is C25H24BrF3N2O3. The van der Waals surface area contributed by atoms with E-state index in [1.807, 2.05) is 0 Å². The largest absolute Gasteiger partial charge is 0.484 e. The third-order valence-corrected chi connectivity index (χ3v) is 5.80. The molecule has 0 fully saturated rings. The van der Waals surface area contributed by atoms with Crippen LogP contribution in [0.15, 0.2) is 53.0 Å². The van der Waals surface area contributed by atoms with E-state index in [0.29, 0.717) is 35.5 Å². The molecule has 180 valence electrons. The molecule has 0 radical (unpaired) electrons. The molecule has 4 rings (SSSR count). The quantitative estimate of drug-likeness (QED) is 0.335. The van der Waals surface area contributed by atoms with E-state index in [1.165, 1.54) is 4.68 Å². The zero-order valence-corrected chi connectivity index (χ0v) is 20.5. The van der Waals surface area contributed by atoms with Crippen molar-refractivity contribution < 1.29 is 27.4 Å². The number of rotatable bonds is 4. The summed E-state index contributed by atoms with van der Waals surface area (Å²) in [4.78, 5) is 12.3. The molecule has 0 amide bonds. The Morgan fingerprint density at radius 3 is 2.44 bits per heavy atom. The second kappa shape index (κ2) is 9.09. The number of hydrogen-bond donors (Lipinski definition) is 0. The lowest BCUT2D eigenvalue weighted by Gasteiger charge is -2.26. The molecule has 1 aliphatic carbocycles. The fourth-order valence-corrected chi connectivity index (χ4v) is 4.35. The van der Waals surface area contributed by atoms with Crippen LogP contribution in [-0.2, 0) is 17.3 Å². The second-order valence-corrected chi connectivity index (χ2v) is 10.0. The zero-order chi connectivity index (χ0) is 24.7. The molecule has 1 unspecified atom stereocenters. The third kappa shape index (κ3) is 5.29. The standard InChI is InChI=1S/C25H24BrF3N2O3/c1-24(2,3)34-23(32)15-10-12-18(13-11-15)33-20-9-5-8-19-21(20)31(30-22(19)25(27,28)29)17-7-4-6-16(26)14-17/h4,6-7,10-14,20H,5,8-9H2,1-3H3. The molecule has 1 atom stereocenters. The SMILES string of the molecule is CC(C)(C)OC(=O)c1ccc(OC2CCCc3c(C(F)(F)F)nn(-c4cccc(Br)c4)c32)cc1. The lowest BCUT2D eigenvalue weighted by atomic mass is 9.93. The van der Waals surface area contributed by atoms with E-state index < -0.39 is 29.5 Å². The summed E-state index contributed by atoms with van der Waals surface area (Å²) in [5.41, 5.74) is -0.0636. The maximum Gasteiger partial charge on any atom is 0.435 e. The average Bonchev–Trinajstić information content (AvgIpc) is 3.14. The maximum atomic E-state index is 13.8. The van der Waals surface area contributed by atoms with Gasteiger partial charge >= 0.3 is 12.1 Å². The fourth-order valence-electron chi connectivity index (χ4n) is 3.96. The Bertz CT molecular complexity index is 1200. The number of fused-ring (bicyclic) bond motifs is 1. The van der Waals surface area contributed by atoms with Crippen molar-refractivity contribution in [2.24, 2.45) is 0 Å². The topological polar surface area (TPSA) is 53.4 Å². The highest BCUT2D eigenvalue weighted by molar-refractivity contribution is 9.10. The Balaban J connectivity index is 1.68. The van der Waals surface area contributed by atoms with Crippen LogP contribution in [0.1, 0.15) is 67.0 Å². The van der Waals surface area contributed by atoms with Crippen LogP contribution in [0.3, 0.4) is 0 Å². The van der Waals surface area contributed by atoms with Gasteiger partial charge in [0, 0.05) is 10.0 Å². The van der Waals surface area contributed by atoms with Crippen LogP contribution in [0.2, 0.25) is 0 Å². The lowest BCUT2D eigenvalue weighted by Crippen LogP contribution is -2.23. The van der Waals surface area contributed by atoms with Gasteiger partial charge in [-0.3, -0.25) is 0 Å². The third-order valence-electron chi connectivity index (χ3n) is 5.31. The molecule has 2 aromatic carbocycles. The van der Waals surface area contributed by atoms with Gasteiger partial charge in [-0.2, -0.15) is 18.3 Å². The zero-order valence-electron chi connectivity index (χ0n) is 18.9. The van der Waals surface area contributed by atoms with Crippen molar-refractivity contribution in [2.45, 2.75) is 57.9 Å².